The highest BCUT2D eigenvalue weighted by Crippen LogP contribution is 2.50. The zero-order chi connectivity index (χ0) is 30.4. The third kappa shape index (κ3) is 5.44. The highest BCUT2D eigenvalue weighted by Gasteiger charge is 2.59. The number of nitrogens with two attached hydrogens (primary N) is 2. The van der Waals surface area contributed by atoms with Crippen molar-refractivity contribution in [3.8, 4) is 6.07 Å². The summed E-state index contributed by atoms with van der Waals surface area (Å²) >= 11 is 3.71. The van der Waals surface area contributed by atoms with Crippen LogP contribution in [0.25, 0.3) is 5.70 Å². The maximum atomic E-state index is 9.14. The molecule has 2 aliphatic rings. The van der Waals surface area contributed by atoms with Gasteiger partial charge >= 0.3 is 7.12 Å². The van der Waals surface area contributed by atoms with E-state index in [-0.39, 0.29) is 17.9 Å². The zero-order valence-corrected chi connectivity index (χ0v) is 26.6. The van der Waals surface area contributed by atoms with Gasteiger partial charge in [0.05, 0.1) is 35.4 Å². The Kier molecular flexibility index (Phi) is 8.20. The van der Waals surface area contributed by atoms with Crippen molar-refractivity contribution in [2.75, 3.05) is 11.9 Å². The number of benzene rings is 2. The summed E-state index contributed by atoms with van der Waals surface area (Å²) in [5, 5.41) is 19.1. The number of fused-ring (bicyclic) bond motifs is 1. The third-order valence-electron chi connectivity index (χ3n) is 9.12. The maximum Gasteiger partial charge on any atom is 0.498 e. The third-order valence-corrected chi connectivity index (χ3v) is 9.61. The number of rotatable bonds is 6. The van der Waals surface area contributed by atoms with Crippen LogP contribution < -0.4 is 22.4 Å². The second-order valence-corrected chi connectivity index (χ2v) is 13.1. The lowest BCUT2D eigenvalue weighted by Crippen LogP contribution is -2.55. The number of hydrogen-bond donors (Lipinski definition) is 3. The van der Waals surface area contributed by atoms with Crippen molar-refractivity contribution in [2.45, 2.75) is 58.3 Å². The van der Waals surface area contributed by atoms with E-state index >= 15 is 0 Å². The molecular formula is C31H39BBrN7O2. The van der Waals surface area contributed by atoms with Gasteiger partial charge < -0.3 is 25.4 Å². The number of aromatic nitrogens is 2. The minimum absolute atomic E-state index is 0.0418. The highest BCUT2D eigenvalue weighted by atomic mass is 79.9. The number of hydrogen-bond acceptors (Lipinski definition) is 8. The molecule has 1 saturated heterocycles. The number of hydrazine groups is 1. The van der Waals surface area contributed by atoms with Crippen LogP contribution in [0.5, 0.6) is 0 Å². The molecular weight excluding hydrogens is 593 g/mol. The van der Waals surface area contributed by atoms with Gasteiger partial charge in [0.25, 0.3) is 0 Å². The van der Waals surface area contributed by atoms with E-state index < -0.39 is 18.3 Å². The first-order chi connectivity index (χ1) is 19.8. The molecule has 9 nitrogen and oxygen atoms in total. The lowest BCUT2D eigenvalue weighted by atomic mass is 9.68. The zero-order valence-electron chi connectivity index (χ0n) is 25.1. The molecule has 2 aromatic carbocycles. The summed E-state index contributed by atoms with van der Waals surface area (Å²) in [4.78, 5) is 0. The van der Waals surface area contributed by atoms with Crippen molar-refractivity contribution in [3.63, 3.8) is 0 Å². The number of nitriles is 1. The molecule has 0 spiro atoms. The second-order valence-electron chi connectivity index (χ2n) is 12.2. The Morgan fingerprint density at radius 1 is 1.24 bits per heavy atom. The average molecular weight is 632 g/mol. The molecule has 1 fully saturated rings. The molecule has 1 aromatic heterocycles. The summed E-state index contributed by atoms with van der Waals surface area (Å²) in [5.74, 6) is 6.76. The molecule has 5 N–H and O–H groups in total. The van der Waals surface area contributed by atoms with E-state index in [0.717, 1.165) is 38.0 Å². The molecule has 0 aliphatic carbocycles. The van der Waals surface area contributed by atoms with Gasteiger partial charge in [0.2, 0.25) is 0 Å². The number of anilines is 1. The molecule has 3 aromatic rings. The van der Waals surface area contributed by atoms with Crippen molar-refractivity contribution < 1.29 is 9.31 Å². The van der Waals surface area contributed by atoms with Crippen LogP contribution in [0.4, 0.5) is 5.69 Å². The van der Waals surface area contributed by atoms with Crippen molar-refractivity contribution >= 4 is 39.9 Å². The van der Waals surface area contributed by atoms with Crippen LogP contribution in [0.15, 0.2) is 65.0 Å². The Hall–Kier alpha value is -3.30. The summed E-state index contributed by atoms with van der Waals surface area (Å²) in [6, 6.07) is 16.3. The van der Waals surface area contributed by atoms with E-state index in [4.69, 9.17) is 26.1 Å². The largest absolute Gasteiger partial charge is 0.498 e. The first-order valence-electron chi connectivity index (χ1n) is 14.2. The van der Waals surface area contributed by atoms with Gasteiger partial charge in [-0.25, -0.2) is 5.84 Å². The van der Waals surface area contributed by atoms with Crippen molar-refractivity contribution in [2.24, 2.45) is 30.5 Å². The van der Waals surface area contributed by atoms with E-state index in [2.05, 4.69) is 72.2 Å². The molecule has 3 unspecified atom stereocenters. The lowest BCUT2D eigenvalue weighted by molar-refractivity contribution is -0.0713. The van der Waals surface area contributed by atoms with Gasteiger partial charge in [0.1, 0.15) is 0 Å². The van der Waals surface area contributed by atoms with Crippen LogP contribution in [-0.2, 0) is 22.8 Å². The standard InChI is InChI=1S/C31H39BBrN7O2/c1-19(31(5)30(3,4)41-32(42-31)22-16-37-39(6)17-22)27-18-40(36)29(20(2)35)25-12-9-23(33)15-26(25)28(27)38-24-10-7-21(8-11-24)13-14-34/h7-12,15-17,19,27-28,38H,13,18,35-36H2,1-6H3/b29-20-/t19-,27?,28?,31?/m0/s1. The second kappa shape index (κ2) is 11.4. The predicted octanol–water partition coefficient (Wildman–Crippen LogP) is 4.47. The fraction of sp³-hybridized carbons (Fsp3) is 0.419. The van der Waals surface area contributed by atoms with E-state index in [0.29, 0.717) is 18.7 Å². The molecule has 0 amide bonds. The monoisotopic (exact) mass is 631 g/mol. The summed E-state index contributed by atoms with van der Waals surface area (Å²) in [6.07, 6.45) is 4.09. The van der Waals surface area contributed by atoms with Gasteiger partial charge in [-0.2, -0.15) is 10.4 Å². The fourth-order valence-electron chi connectivity index (χ4n) is 6.41. The Bertz CT molecular complexity index is 1530. The fourth-order valence-corrected chi connectivity index (χ4v) is 6.79. The van der Waals surface area contributed by atoms with Gasteiger partial charge in [-0.05, 0) is 69.0 Å². The van der Waals surface area contributed by atoms with Gasteiger partial charge in [-0.1, -0.05) is 41.1 Å². The highest BCUT2D eigenvalue weighted by molar-refractivity contribution is 9.10. The van der Waals surface area contributed by atoms with E-state index in [1.165, 1.54) is 0 Å². The first-order valence-corrected chi connectivity index (χ1v) is 15.0. The summed E-state index contributed by atoms with van der Waals surface area (Å²) in [6.45, 7) is 11.0. The van der Waals surface area contributed by atoms with E-state index in [1.54, 1.807) is 15.9 Å². The number of nitrogens with one attached hydrogen (secondary N) is 1. The molecule has 11 heteroatoms. The van der Waals surface area contributed by atoms with Crippen LogP contribution in [0.1, 0.15) is 57.4 Å². The number of aryl methyl sites for hydroxylation is 1. The smallest absolute Gasteiger partial charge is 0.401 e. The number of halogens is 1. The molecule has 2 aliphatic heterocycles. The maximum absolute atomic E-state index is 9.14. The Labute approximate surface area is 257 Å². The van der Waals surface area contributed by atoms with Gasteiger partial charge in [-0.15, -0.1) is 0 Å². The Morgan fingerprint density at radius 3 is 2.57 bits per heavy atom. The van der Waals surface area contributed by atoms with Crippen LogP contribution in [0.2, 0.25) is 0 Å². The van der Waals surface area contributed by atoms with E-state index in [9.17, 15) is 0 Å². The van der Waals surface area contributed by atoms with Crippen molar-refractivity contribution in [3.05, 3.63) is 81.7 Å². The molecule has 4 atom stereocenters. The quantitative estimate of drug-likeness (QED) is 0.269. The molecule has 3 heterocycles. The molecule has 0 saturated carbocycles. The molecule has 42 heavy (non-hydrogen) atoms. The topological polar surface area (TPSA) is 127 Å². The van der Waals surface area contributed by atoms with Crippen LogP contribution >= 0.6 is 15.9 Å². The van der Waals surface area contributed by atoms with Crippen molar-refractivity contribution in [1.82, 2.24) is 14.8 Å². The van der Waals surface area contributed by atoms with Gasteiger partial charge in [0, 0.05) is 58.8 Å². The van der Waals surface area contributed by atoms with Crippen molar-refractivity contribution in [1.29, 1.82) is 5.26 Å². The molecule has 0 radical (unpaired) electrons. The summed E-state index contributed by atoms with van der Waals surface area (Å²) in [7, 11) is 1.35. The summed E-state index contributed by atoms with van der Waals surface area (Å²) in [5.41, 5.74) is 11.5. The first kappa shape index (κ1) is 30.2. The number of allylic oxidation sites excluding steroid dienone is 1. The predicted molar refractivity (Wildman–Crippen MR) is 170 cm³/mol. The molecule has 5 rings (SSSR count). The molecule has 220 valence electrons. The van der Waals surface area contributed by atoms with Crippen LogP contribution in [0.3, 0.4) is 0 Å². The van der Waals surface area contributed by atoms with Crippen LogP contribution in [-0.4, -0.2) is 39.7 Å². The van der Waals surface area contributed by atoms with Crippen LogP contribution in [0, 0.1) is 23.2 Å². The molecule has 0 bridgehead atoms. The van der Waals surface area contributed by atoms with E-state index in [1.807, 2.05) is 50.5 Å². The summed E-state index contributed by atoms with van der Waals surface area (Å²) < 4.78 is 16.1. The van der Waals surface area contributed by atoms with Gasteiger partial charge in [0.15, 0.2) is 0 Å². The average Bonchev–Trinajstić information content (AvgIpc) is 3.44. The Balaban J connectivity index is 1.61. The number of nitrogens with zero attached hydrogens (tertiary/aromatic N) is 4. The van der Waals surface area contributed by atoms with Gasteiger partial charge in [-0.3, -0.25) is 4.68 Å². The minimum Gasteiger partial charge on any atom is -0.401 e. The lowest BCUT2D eigenvalue weighted by Gasteiger charge is -2.47. The normalized spacial score (nSPS) is 25.4. The Morgan fingerprint density at radius 2 is 1.95 bits per heavy atom. The SMILES string of the molecule is C/C(N)=C1\c2ccc(Br)cc2C(Nc2ccc(CC#N)cc2)C([C@H](C)C2(C)OB(c3cnn(C)c3)OC2(C)C)CN1N. The minimum atomic E-state index is -0.687.